The Bertz CT molecular complexity index is 413. The summed E-state index contributed by atoms with van der Waals surface area (Å²) in [7, 11) is 0. The number of carbonyl (C=O) groups excluding carboxylic acids is 1. The number of hydrogen-bond acceptors (Lipinski definition) is 3. The standard InChI is InChI=1S/C17H27N3O/c1-15(8-9-16-6-3-2-4-7-16)19-17(21)14-20-12-5-10-18-11-13-20/h2-4,6-7,15,18H,5,8-14H2,1H3,(H,19,21). The van der Waals surface area contributed by atoms with Crippen molar-refractivity contribution in [2.75, 3.05) is 32.7 Å². The molecule has 0 saturated carbocycles. The molecular weight excluding hydrogens is 262 g/mol. The zero-order valence-electron chi connectivity index (χ0n) is 13.0. The van der Waals surface area contributed by atoms with Gasteiger partial charge < -0.3 is 10.6 Å². The van der Waals surface area contributed by atoms with E-state index in [-0.39, 0.29) is 11.9 Å². The summed E-state index contributed by atoms with van der Waals surface area (Å²) < 4.78 is 0. The first-order valence-corrected chi connectivity index (χ1v) is 8.00. The van der Waals surface area contributed by atoms with Gasteiger partial charge in [0.2, 0.25) is 5.91 Å². The van der Waals surface area contributed by atoms with Crippen LogP contribution in [0.25, 0.3) is 0 Å². The second kappa shape index (κ2) is 8.80. The van der Waals surface area contributed by atoms with Crippen LogP contribution in [0.1, 0.15) is 25.3 Å². The molecule has 1 heterocycles. The molecular formula is C17H27N3O. The van der Waals surface area contributed by atoms with E-state index in [1.807, 2.05) is 6.07 Å². The average Bonchev–Trinajstić information content (AvgIpc) is 2.75. The molecule has 1 fully saturated rings. The molecule has 1 aliphatic rings. The number of aryl methyl sites for hydroxylation is 1. The van der Waals surface area contributed by atoms with Gasteiger partial charge in [-0.3, -0.25) is 9.69 Å². The van der Waals surface area contributed by atoms with Crippen LogP contribution in [0.2, 0.25) is 0 Å². The highest BCUT2D eigenvalue weighted by Gasteiger charge is 2.14. The zero-order chi connectivity index (χ0) is 14.9. The van der Waals surface area contributed by atoms with Gasteiger partial charge in [-0.15, -0.1) is 0 Å². The fourth-order valence-corrected chi connectivity index (χ4v) is 2.68. The third kappa shape index (κ3) is 6.27. The maximum absolute atomic E-state index is 12.1. The van der Waals surface area contributed by atoms with Gasteiger partial charge in [-0.25, -0.2) is 0 Å². The normalized spacial score (nSPS) is 18.0. The number of benzene rings is 1. The lowest BCUT2D eigenvalue weighted by Gasteiger charge is -2.20. The predicted octanol–water partition coefficient (Wildman–Crippen LogP) is 1.42. The molecule has 0 radical (unpaired) electrons. The molecule has 0 bridgehead atoms. The molecule has 116 valence electrons. The molecule has 4 heteroatoms. The topological polar surface area (TPSA) is 44.4 Å². The van der Waals surface area contributed by atoms with Crippen molar-refractivity contribution in [3.63, 3.8) is 0 Å². The van der Waals surface area contributed by atoms with E-state index < -0.39 is 0 Å². The highest BCUT2D eigenvalue weighted by molar-refractivity contribution is 5.78. The van der Waals surface area contributed by atoms with Crippen molar-refractivity contribution in [2.24, 2.45) is 0 Å². The van der Waals surface area contributed by atoms with Gasteiger partial charge in [-0.2, -0.15) is 0 Å². The molecule has 1 saturated heterocycles. The van der Waals surface area contributed by atoms with Crippen molar-refractivity contribution in [1.82, 2.24) is 15.5 Å². The molecule has 1 unspecified atom stereocenters. The molecule has 1 aromatic carbocycles. The summed E-state index contributed by atoms with van der Waals surface area (Å²) in [5.41, 5.74) is 1.33. The lowest BCUT2D eigenvalue weighted by atomic mass is 10.1. The van der Waals surface area contributed by atoms with Crippen LogP contribution in [0.15, 0.2) is 30.3 Å². The zero-order valence-corrected chi connectivity index (χ0v) is 13.0. The molecule has 1 aliphatic heterocycles. The van der Waals surface area contributed by atoms with Crippen molar-refractivity contribution in [3.8, 4) is 0 Å². The molecule has 0 spiro atoms. The van der Waals surface area contributed by atoms with Crippen molar-refractivity contribution in [3.05, 3.63) is 35.9 Å². The van der Waals surface area contributed by atoms with Crippen LogP contribution < -0.4 is 10.6 Å². The van der Waals surface area contributed by atoms with Crippen LogP contribution in [0.3, 0.4) is 0 Å². The van der Waals surface area contributed by atoms with Gasteiger partial charge >= 0.3 is 0 Å². The van der Waals surface area contributed by atoms with E-state index in [4.69, 9.17) is 0 Å². The molecule has 21 heavy (non-hydrogen) atoms. The molecule has 0 aromatic heterocycles. The average molecular weight is 289 g/mol. The Morgan fingerprint density at radius 3 is 2.90 bits per heavy atom. The number of rotatable bonds is 6. The van der Waals surface area contributed by atoms with Gasteiger partial charge in [-0.05, 0) is 44.8 Å². The Labute approximate surface area is 127 Å². The van der Waals surface area contributed by atoms with Gasteiger partial charge in [0.05, 0.1) is 6.54 Å². The quantitative estimate of drug-likeness (QED) is 0.832. The first kappa shape index (κ1) is 16.0. The van der Waals surface area contributed by atoms with Gasteiger partial charge in [0.1, 0.15) is 0 Å². The molecule has 0 aliphatic carbocycles. The lowest BCUT2D eigenvalue weighted by molar-refractivity contribution is -0.122. The summed E-state index contributed by atoms with van der Waals surface area (Å²) in [6.45, 7) is 6.63. The number of nitrogens with one attached hydrogen (secondary N) is 2. The minimum Gasteiger partial charge on any atom is -0.353 e. The predicted molar refractivity (Wildman–Crippen MR) is 86.3 cm³/mol. The fraction of sp³-hybridized carbons (Fsp3) is 0.588. The Balaban J connectivity index is 1.66. The van der Waals surface area contributed by atoms with Crippen LogP contribution in [-0.2, 0) is 11.2 Å². The molecule has 2 rings (SSSR count). The van der Waals surface area contributed by atoms with Crippen LogP contribution in [-0.4, -0.2) is 49.6 Å². The van der Waals surface area contributed by atoms with Crippen LogP contribution in [0.5, 0.6) is 0 Å². The maximum Gasteiger partial charge on any atom is 0.234 e. The van der Waals surface area contributed by atoms with Crippen molar-refractivity contribution in [1.29, 1.82) is 0 Å². The van der Waals surface area contributed by atoms with Crippen molar-refractivity contribution < 1.29 is 4.79 Å². The molecule has 4 nitrogen and oxygen atoms in total. The number of hydrogen-bond donors (Lipinski definition) is 2. The molecule has 2 N–H and O–H groups in total. The van der Waals surface area contributed by atoms with E-state index in [2.05, 4.69) is 46.7 Å². The number of carbonyl (C=O) groups is 1. The van der Waals surface area contributed by atoms with Gasteiger partial charge in [0.15, 0.2) is 0 Å². The van der Waals surface area contributed by atoms with Crippen molar-refractivity contribution >= 4 is 5.91 Å². The summed E-state index contributed by atoms with van der Waals surface area (Å²) in [6, 6.07) is 10.7. The van der Waals surface area contributed by atoms with Gasteiger partial charge in [0, 0.05) is 19.1 Å². The first-order valence-electron chi connectivity index (χ1n) is 8.00. The van der Waals surface area contributed by atoms with E-state index in [0.29, 0.717) is 6.54 Å². The third-order valence-corrected chi connectivity index (χ3v) is 3.92. The first-order chi connectivity index (χ1) is 10.2. The van der Waals surface area contributed by atoms with E-state index in [1.54, 1.807) is 0 Å². The SMILES string of the molecule is CC(CCc1ccccc1)NC(=O)CN1CCCNCC1. The summed E-state index contributed by atoms with van der Waals surface area (Å²) in [4.78, 5) is 14.3. The van der Waals surface area contributed by atoms with E-state index in [9.17, 15) is 4.79 Å². The summed E-state index contributed by atoms with van der Waals surface area (Å²) >= 11 is 0. The number of amides is 1. The smallest absolute Gasteiger partial charge is 0.234 e. The molecule has 1 aromatic rings. The largest absolute Gasteiger partial charge is 0.353 e. The minimum absolute atomic E-state index is 0.150. The molecule has 1 atom stereocenters. The summed E-state index contributed by atoms with van der Waals surface area (Å²) in [6.07, 6.45) is 3.12. The fourth-order valence-electron chi connectivity index (χ4n) is 2.68. The van der Waals surface area contributed by atoms with Crippen LogP contribution in [0.4, 0.5) is 0 Å². The number of nitrogens with zero attached hydrogens (tertiary/aromatic N) is 1. The monoisotopic (exact) mass is 289 g/mol. The second-order valence-electron chi connectivity index (χ2n) is 5.87. The highest BCUT2D eigenvalue weighted by atomic mass is 16.2. The Kier molecular flexibility index (Phi) is 6.70. The van der Waals surface area contributed by atoms with Crippen LogP contribution in [0, 0.1) is 0 Å². The highest BCUT2D eigenvalue weighted by Crippen LogP contribution is 2.05. The lowest BCUT2D eigenvalue weighted by Crippen LogP contribution is -2.42. The summed E-state index contributed by atoms with van der Waals surface area (Å²) in [5, 5.41) is 6.47. The molecule has 1 amide bonds. The third-order valence-electron chi connectivity index (χ3n) is 3.92. The second-order valence-corrected chi connectivity index (χ2v) is 5.87. The van der Waals surface area contributed by atoms with Gasteiger partial charge in [0.25, 0.3) is 0 Å². The van der Waals surface area contributed by atoms with Crippen LogP contribution >= 0.6 is 0 Å². The minimum atomic E-state index is 0.150. The van der Waals surface area contributed by atoms with Gasteiger partial charge in [-0.1, -0.05) is 30.3 Å². The van der Waals surface area contributed by atoms with Crippen molar-refractivity contribution in [2.45, 2.75) is 32.2 Å². The van der Waals surface area contributed by atoms with E-state index >= 15 is 0 Å². The Morgan fingerprint density at radius 1 is 1.29 bits per heavy atom. The van der Waals surface area contributed by atoms with E-state index in [0.717, 1.165) is 45.4 Å². The maximum atomic E-state index is 12.1. The summed E-state index contributed by atoms with van der Waals surface area (Å²) in [5.74, 6) is 0.150. The Hall–Kier alpha value is -1.39. The Morgan fingerprint density at radius 2 is 2.10 bits per heavy atom. The van der Waals surface area contributed by atoms with E-state index in [1.165, 1.54) is 5.56 Å².